The van der Waals surface area contributed by atoms with E-state index < -0.39 is 0 Å². The van der Waals surface area contributed by atoms with Crippen LogP contribution in [0.5, 0.6) is 0 Å². The lowest BCUT2D eigenvalue weighted by molar-refractivity contribution is -0.00872. The third-order valence-corrected chi connectivity index (χ3v) is 4.87. The summed E-state index contributed by atoms with van der Waals surface area (Å²) in [7, 11) is 0. The number of hydrogen-bond acceptors (Lipinski definition) is 3. The lowest BCUT2D eigenvalue weighted by Crippen LogP contribution is -2.53. The maximum absolute atomic E-state index is 9.20. The molecule has 1 heterocycles. The van der Waals surface area contributed by atoms with Gasteiger partial charge in [-0.1, -0.05) is 18.9 Å². The molecular weight excluding hydrogens is 306 g/mol. The number of anilines is 1. The first-order chi connectivity index (χ1) is 9.29. The molecule has 1 saturated heterocycles. The van der Waals surface area contributed by atoms with Crippen LogP contribution in [-0.4, -0.2) is 30.4 Å². The van der Waals surface area contributed by atoms with E-state index in [1.54, 1.807) is 0 Å². The summed E-state index contributed by atoms with van der Waals surface area (Å²) in [5, 5.41) is 9.20. The minimum absolute atomic E-state index is 0.0913. The fourth-order valence-electron chi connectivity index (χ4n) is 3.28. The van der Waals surface area contributed by atoms with Gasteiger partial charge in [0.15, 0.2) is 0 Å². The second kappa shape index (κ2) is 5.81. The van der Waals surface area contributed by atoms with Crippen molar-refractivity contribution >= 4 is 21.6 Å². The third-order valence-electron chi connectivity index (χ3n) is 4.24. The van der Waals surface area contributed by atoms with Crippen LogP contribution in [0.4, 0.5) is 5.69 Å². The molecule has 2 atom stereocenters. The fourth-order valence-corrected chi connectivity index (χ4v) is 3.93. The van der Waals surface area contributed by atoms with Crippen LogP contribution in [0.2, 0.25) is 0 Å². The van der Waals surface area contributed by atoms with E-state index in [1.807, 2.05) is 12.1 Å². The molecule has 1 N–H and O–H groups in total. The van der Waals surface area contributed by atoms with Gasteiger partial charge >= 0.3 is 0 Å². The Labute approximate surface area is 122 Å². The molecule has 0 radical (unpaired) electrons. The van der Waals surface area contributed by atoms with Gasteiger partial charge in [0, 0.05) is 11.0 Å². The Balaban J connectivity index is 1.87. The molecule has 0 amide bonds. The van der Waals surface area contributed by atoms with Gasteiger partial charge in [0.1, 0.15) is 0 Å². The van der Waals surface area contributed by atoms with Crippen molar-refractivity contribution in [2.24, 2.45) is 0 Å². The molecule has 0 aromatic heterocycles. The molecule has 1 saturated carbocycles. The quantitative estimate of drug-likeness (QED) is 0.907. The zero-order valence-corrected chi connectivity index (χ0v) is 12.6. The summed E-state index contributed by atoms with van der Waals surface area (Å²) in [6.45, 7) is 1.86. The lowest BCUT2D eigenvalue weighted by Gasteiger charge is -2.45. The van der Waals surface area contributed by atoms with Gasteiger partial charge in [0.2, 0.25) is 0 Å². The zero-order chi connectivity index (χ0) is 13.2. The van der Waals surface area contributed by atoms with Crippen LogP contribution in [0, 0.1) is 0 Å². The van der Waals surface area contributed by atoms with Crippen LogP contribution >= 0.6 is 15.9 Å². The number of hydrogen-bond donors (Lipinski definition) is 1. The van der Waals surface area contributed by atoms with E-state index >= 15 is 0 Å². The van der Waals surface area contributed by atoms with Crippen molar-refractivity contribution in [3.63, 3.8) is 0 Å². The maximum Gasteiger partial charge on any atom is 0.0779 e. The molecule has 1 aliphatic carbocycles. The molecule has 19 heavy (non-hydrogen) atoms. The number of benzene rings is 1. The molecule has 2 fully saturated rings. The SMILES string of the molecule is OCc1ccc(N2CCOC3CCCCC32)c(Br)c1. The van der Waals surface area contributed by atoms with Gasteiger partial charge in [-0.25, -0.2) is 0 Å². The zero-order valence-electron chi connectivity index (χ0n) is 11.0. The van der Waals surface area contributed by atoms with Crippen molar-refractivity contribution in [1.82, 2.24) is 0 Å². The number of halogens is 1. The van der Waals surface area contributed by atoms with Crippen molar-refractivity contribution < 1.29 is 9.84 Å². The van der Waals surface area contributed by atoms with Crippen LogP contribution in [-0.2, 0) is 11.3 Å². The number of fused-ring (bicyclic) bond motifs is 1. The molecule has 1 aromatic rings. The predicted molar refractivity (Wildman–Crippen MR) is 79.4 cm³/mol. The lowest BCUT2D eigenvalue weighted by atomic mass is 9.89. The summed E-state index contributed by atoms with van der Waals surface area (Å²) in [5.74, 6) is 0. The number of morpholine rings is 1. The molecule has 3 rings (SSSR count). The van der Waals surface area contributed by atoms with E-state index in [2.05, 4.69) is 26.9 Å². The van der Waals surface area contributed by atoms with Crippen molar-refractivity contribution in [2.75, 3.05) is 18.1 Å². The molecule has 104 valence electrons. The average Bonchev–Trinajstić information content (AvgIpc) is 2.46. The van der Waals surface area contributed by atoms with Gasteiger partial charge in [0.05, 0.1) is 31.0 Å². The van der Waals surface area contributed by atoms with E-state index in [-0.39, 0.29) is 6.61 Å². The molecule has 0 bridgehead atoms. The summed E-state index contributed by atoms with van der Waals surface area (Å²) in [6, 6.07) is 6.65. The van der Waals surface area contributed by atoms with Gasteiger partial charge in [-0.05, 0) is 46.5 Å². The van der Waals surface area contributed by atoms with E-state index in [1.165, 1.54) is 31.4 Å². The number of ether oxygens (including phenoxy) is 1. The number of nitrogens with zero attached hydrogens (tertiary/aromatic N) is 1. The van der Waals surface area contributed by atoms with Crippen LogP contribution < -0.4 is 4.90 Å². The second-order valence-corrected chi connectivity index (χ2v) is 6.25. The molecule has 1 aliphatic heterocycles. The maximum atomic E-state index is 9.20. The third kappa shape index (κ3) is 2.67. The second-order valence-electron chi connectivity index (χ2n) is 5.40. The van der Waals surface area contributed by atoms with E-state index in [9.17, 15) is 5.11 Å². The highest BCUT2D eigenvalue weighted by molar-refractivity contribution is 9.10. The smallest absolute Gasteiger partial charge is 0.0779 e. The highest BCUT2D eigenvalue weighted by Crippen LogP contribution is 2.35. The molecule has 4 heteroatoms. The van der Waals surface area contributed by atoms with Crippen molar-refractivity contribution in [1.29, 1.82) is 0 Å². The molecule has 0 spiro atoms. The van der Waals surface area contributed by atoms with Gasteiger partial charge in [-0.15, -0.1) is 0 Å². The largest absolute Gasteiger partial charge is 0.392 e. The van der Waals surface area contributed by atoms with E-state index in [0.717, 1.165) is 23.2 Å². The highest BCUT2D eigenvalue weighted by atomic mass is 79.9. The van der Waals surface area contributed by atoms with Crippen molar-refractivity contribution in [2.45, 2.75) is 44.4 Å². The molecular formula is C15H20BrNO2. The normalized spacial score (nSPS) is 27.2. The van der Waals surface area contributed by atoms with Gasteiger partial charge < -0.3 is 14.7 Å². The number of aliphatic hydroxyl groups excluding tert-OH is 1. The minimum atomic E-state index is 0.0913. The topological polar surface area (TPSA) is 32.7 Å². The van der Waals surface area contributed by atoms with Crippen molar-refractivity contribution in [3.8, 4) is 0 Å². The fraction of sp³-hybridized carbons (Fsp3) is 0.600. The average molecular weight is 326 g/mol. The molecule has 2 unspecified atom stereocenters. The Hall–Kier alpha value is -0.580. The number of rotatable bonds is 2. The summed E-state index contributed by atoms with van der Waals surface area (Å²) in [6.07, 6.45) is 5.39. The summed E-state index contributed by atoms with van der Waals surface area (Å²) >= 11 is 3.65. The van der Waals surface area contributed by atoms with Gasteiger partial charge in [-0.2, -0.15) is 0 Å². The summed E-state index contributed by atoms with van der Waals surface area (Å²) in [5.41, 5.74) is 2.18. The van der Waals surface area contributed by atoms with E-state index in [0.29, 0.717) is 12.1 Å². The van der Waals surface area contributed by atoms with Crippen LogP contribution in [0.15, 0.2) is 22.7 Å². The predicted octanol–water partition coefficient (Wildman–Crippen LogP) is 3.09. The molecule has 1 aromatic carbocycles. The Morgan fingerprint density at radius 1 is 1.32 bits per heavy atom. The van der Waals surface area contributed by atoms with Crippen molar-refractivity contribution in [3.05, 3.63) is 28.2 Å². The Morgan fingerprint density at radius 3 is 2.95 bits per heavy atom. The molecule has 3 nitrogen and oxygen atoms in total. The van der Waals surface area contributed by atoms with Crippen LogP contribution in [0.3, 0.4) is 0 Å². The summed E-state index contributed by atoms with van der Waals surface area (Å²) in [4.78, 5) is 2.48. The standard InChI is InChI=1S/C15H20BrNO2/c16-12-9-11(10-18)5-6-13(12)17-7-8-19-15-4-2-1-3-14(15)17/h5-6,9,14-15,18H,1-4,7-8,10H2. The molecule has 2 aliphatic rings. The van der Waals surface area contributed by atoms with Crippen LogP contribution in [0.25, 0.3) is 0 Å². The number of aliphatic hydroxyl groups is 1. The first kappa shape index (κ1) is 13.4. The van der Waals surface area contributed by atoms with Gasteiger partial charge in [-0.3, -0.25) is 0 Å². The highest BCUT2D eigenvalue weighted by Gasteiger charge is 2.34. The van der Waals surface area contributed by atoms with Gasteiger partial charge in [0.25, 0.3) is 0 Å². The first-order valence-electron chi connectivity index (χ1n) is 7.07. The monoisotopic (exact) mass is 325 g/mol. The Bertz CT molecular complexity index is 450. The van der Waals surface area contributed by atoms with Crippen LogP contribution in [0.1, 0.15) is 31.2 Å². The minimum Gasteiger partial charge on any atom is -0.392 e. The first-order valence-corrected chi connectivity index (χ1v) is 7.86. The summed E-state index contributed by atoms with van der Waals surface area (Å²) < 4.78 is 7.00. The van der Waals surface area contributed by atoms with E-state index in [4.69, 9.17) is 4.74 Å². The Morgan fingerprint density at radius 2 is 2.16 bits per heavy atom. The Kier molecular flexibility index (Phi) is 4.10.